The number of amides is 2. The quantitative estimate of drug-likeness (QED) is 0.175. The van der Waals surface area contributed by atoms with Crippen LogP contribution in [-0.4, -0.2) is 30.8 Å². The average Bonchev–Trinajstić information content (AvgIpc) is 3.38. The molecule has 0 spiro atoms. The summed E-state index contributed by atoms with van der Waals surface area (Å²) in [5.74, 6) is -1.15. The van der Waals surface area contributed by atoms with Gasteiger partial charge in [-0.15, -0.1) is 0 Å². The molecule has 0 saturated heterocycles. The lowest BCUT2D eigenvalue weighted by Gasteiger charge is -2.21. The summed E-state index contributed by atoms with van der Waals surface area (Å²) in [6.45, 7) is 5.87. The minimum atomic E-state index is -3.84. The lowest BCUT2D eigenvalue weighted by Crippen LogP contribution is -2.32. The standard InChI is InChI=1S/C30H30N4O5S/c1-21-9-15-28(16-10-21)40(37,38)34(19-24-7-5-4-6-8-24)20-27-14-13-26(39-27)18-31-33-30(36)29(35)32-25-12-11-22(2)23(3)17-25/h4-18H,19-20H2,1-3H3,(H,32,35)(H,33,36)/b31-18+. The highest BCUT2D eigenvalue weighted by molar-refractivity contribution is 7.89. The van der Waals surface area contributed by atoms with Crippen molar-refractivity contribution < 1.29 is 22.4 Å². The van der Waals surface area contributed by atoms with Gasteiger partial charge in [-0.05, 0) is 73.9 Å². The summed E-state index contributed by atoms with van der Waals surface area (Å²) in [6, 6.07) is 24.5. The third-order valence-electron chi connectivity index (χ3n) is 6.20. The van der Waals surface area contributed by atoms with Crippen molar-refractivity contribution >= 4 is 33.7 Å². The first kappa shape index (κ1) is 28.5. The van der Waals surface area contributed by atoms with Crippen LogP contribution < -0.4 is 10.7 Å². The van der Waals surface area contributed by atoms with Crippen molar-refractivity contribution in [3.05, 3.63) is 119 Å². The summed E-state index contributed by atoms with van der Waals surface area (Å²) in [6.07, 6.45) is 1.24. The second kappa shape index (κ2) is 12.5. The van der Waals surface area contributed by atoms with Crippen molar-refractivity contribution in [2.75, 3.05) is 5.32 Å². The molecule has 10 heteroatoms. The number of hydrazone groups is 1. The van der Waals surface area contributed by atoms with Crippen LogP contribution in [0.15, 0.2) is 99.3 Å². The molecule has 0 radical (unpaired) electrons. The second-order valence-electron chi connectivity index (χ2n) is 9.33. The minimum absolute atomic E-state index is 0.0241. The molecule has 0 aliphatic heterocycles. The highest BCUT2D eigenvalue weighted by atomic mass is 32.2. The van der Waals surface area contributed by atoms with E-state index < -0.39 is 21.8 Å². The van der Waals surface area contributed by atoms with Crippen molar-refractivity contribution in [1.29, 1.82) is 0 Å². The van der Waals surface area contributed by atoms with Gasteiger partial charge in [0, 0.05) is 12.2 Å². The van der Waals surface area contributed by atoms with Crippen LogP contribution in [0.2, 0.25) is 0 Å². The molecule has 0 aliphatic carbocycles. The van der Waals surface area contributed by atoms with E-state index in [1.165, 1.54) is 10.5 Å². The monoisotopic (exact) mass is 558 g/mol. The first-order valence-corrected chi connectivity index (χ1v) is 14.0. The molecule has 0 unspecified atom stereocenters. The van der Waals surface area contributed by atoms with Gasteiger partial charge in [0.15, 0.2) is 0 Å². The fourth-order valence-corrected chi connectivity index (χ4v) is 5.20. The molecule has 4 rings (SSSR count). The number of anilines is 1. The number of furan rings is 1. The van der Waals surface area contributed by atoms with Crippen molar-refractivity contribution in [3.8, 4) is 0 Å². The summed E-state index contributed by atoms with van der Waals surface area (Å²) in [5, 5.41) is 6.31. The fraction of sp³-hybridized carbons (Fsp3) is 0.167. The maximum Gasteiger partial charge on any atom is 0.329 e. The number of rotatable bonds is 9. The maximum atomic E-state index is 13.5. The lowest BCUT2D eigenvalue weighted by molar-refractivity contribution is -0.136. The van der Waals surface area contributed by atoms with Crippen LogP contribution in [-0.2, 0) is 32.7 Å². The van der Waals surface area contributed by atoms with Gasteiger partial charge in [0.25, 0.3) is 0 Å². The predicted molar refractivity (Wildman–Crippen MR) is 153 cm³/mol. The van der Waals surface area contributed by atoms with E-state index in [2.05, 4.69) is 15.8 Å². The Balaban J connectivity index is 1.42. The number of carbonyl (C=O) groups is 2. The summed E-state index contributed by atoms with van der Waals surface area (Å²) >= 11 is 0. The molecule has 206 valence electrons. The van der Waals surface area contributed by atoms with Gasteiger partial charge in [0.05, 0.1) is 17.7 Å². The summed E-state index contributed by atoms with van der Waals surface area (Å²) in [5.41, 5.74) is 6.50. The molecular formula is C30H30N4O5S. The van der Waals surface area contributed by atoms with Crippen LogP contribution in [0.25, 0.3) is 0 Å². The zero-order chi connectivity index (χ0) is 28.7. The molecule has 2 amide bonds. The Morgan fingerprint density at radius 2 is 1.57 bits per heavy atom. The van der Waals surface area contributed by atoms with Gasteiger partial charge in [-0.25, -0.2) is 13.8 Å². The maximum absolute atomic E-state index is 13.5. The van der Waals surface area contributed by atoms with Crippen LogP contribution in [0.3, 0.4) is 0 Å². The zero-order valence-corrected chi connectivity index (χ0v) is 23.2. The summed E-state index contributed by atoms with van der Waals surface area (Å²) < 4.78 is 34.1. The highest BCUT2D eigenvalue weighted by Crippen LogP contribution is 2.22. The Kier molecular flexibility index (Phi) is 8.93. The van der Waals surface area contributed by atoms with E-state index in [1.54, 1.807) is 48.5 Å². The fourth-order valence-electron chi connectivity index (χ4n) is 3.81. The van der Waals surface area contributed by atoms with E-state index in [-0.39, 0.29) is 23.7 Å². The number of hydrogen-bond donors (Lipinski definition) is 2. The number of carbonyl (C=O) groups excluding carboxylic acids is 2. The number of nitrogens with zero attached hydrogens (tertiary/aromatic N) is 2. The summed E-state index contributed by atoms with van der Waals surface area (Å²) in [7, 11) is -3.84. The minimum Gasteiger partial charge on any atom is -0.459 e. The molecule has 0 aliphatic rings. The van der Waals surface area contributed by atoms with Gasteiger partial charge in [-0.1, -0.05) is 54.1 Å². The molecule has 0 saturated carbocycles. The van der Waals surface area contributed by atoms with Crippen LogP contribution >= 0.6 is 0 Å². The van der Waals surface area contributed by atoms with E-state index in [4.69, 9.17) is 4.42 Å². The van der Waals surface area contributed by atoms with Crippen molar-refractivity contribution in [2.45, 2.75) is 38.8 Å². The molecule has 0 fully saturated rings. The number of aryl methyl sites for hydroxylation is 3. The highest BCUT2D eigenvalue weighted by Gasteiger charge is 2.26. The van der Waals surface area contributed by atoms with Gasteiger partial charge >= 0.3 is 11.8 Å². The second-order valence-corrected chi connectivity index (χ2v) is 11.3. The van der Waals surface area contributed by atoms with Gasteiger partial charge in [-0.2, -0.15) is 9.41 Å². The van der Waals surface area contributed by atoms with E-state index in [0.717, 1.165) is 22.3 Å². The molecule has 40 heavy (non-hydrogen) atoms. The molecule has 4 aromatic rings. The molecule has 2 N–H and O–H groups in total. The van der Waals surface area contributed by atoms with Crippen molar-refractivity contribution in [3.63, 3.8) is 0 Å². The van der Waals surface area contributed by atoms with Crippen LogP contribution in [0.1, 0.15) is 33.8 Å². The van der Waals surface area contributed by atoms with Crippen LogP contribution in [0, 0.1) is 20.8 Å². The third kappa shape index (κ3) is 7.31. The molecule has 1 aromatic heterocycles. The van der Waals surface area contributed by atoms with E-state index >= 15 is 0 Å². The van der Waals surface area contributed by atoms with Crippen molar-refractivity contribution in [1.82, 2.24) is 9.73 Å². The average molecular weight is 559 g/mol. The third-order valence-corrected chi connectivity index (χ3v) is 8.01. The lowest BCUT2D eigenvalue weighted by atomic mass is 10.1. The SMILES string of the molecule is Cc1ccc(S(=O)(=O)N(Cc2ccccc2)Cc2ccc(/C=N/NC(=O)C(=O)Nc3ccc(C)c(C)c3)o2)cc1. The molecule has 0 atom stereocenters. The van der Waals surface area contributed by atoms with E-state index in [1.807, 2.05) is 57.2 Å². The molecule has 0 bridgehead atoms. The largest absolute Gasteiger partial charge is 0.459 e. The number of nitrogens with one attached hydrogen (secondary N) is 2. The Labute approximate surface area is 233 Å². The first-order chi connectivity index (χ1) is 19.1. The topological polar surface area (TPSA) is 121 Å². The molecule has 9 nitrogen and oxygen atoms in total. The zero-order valence-electron chi connectivity index (χ0n) is 22.4. The Hall–Kier alpha value is -4.54. The number of hydrogen-bond acceptors (Lipinski definition) is 6. The van der Waals surface area contributed by atoms with Crippen LogP contribution in [0.4, 0.5) is 5.69 Å². The number of sulfonamides is 1. The van der Waals surface area contributed by atoms with Gasteiger partial charge < -0.3 is 9.73 Å². The normalized spacial score (nSPS) is 11.6. The predicted octanol–water partition coefficient (Wildman–Crippen LogP) is 4.68. The van der Waals surface area contributed by atoms with E-state index in [0.29, 0.717) is 11.4 Å². The van der Waals surface area contributed by atoms with Crippen molar-refractivity contribution in [2.24, 2.45) is 5.10 Å². The number of benzene rings is 3. The van der Waals surface area contributed by atoms with Gasteiger partial charge in [0.1, 0.15) is 11.5 Å². The smallest absolute Gasteiger partial charge is 0.329 e. The van der Waals surface area contributed by atoms with Crippen LogP contribution in [0.5, 0.6) is 0 Å². The molecule has 1 heterocycles. The molecular weight excluding hydrogens is 528 g/mol. The van der Waals surface area contributed by atoms with Gasteiger partial charge in [-0.3, -0.25) is 9.59 Å². The van der Waals surface area contributed by atoms with Gasteiger partial charge in [0.2, 0.25) is 10.0 Å². The first-order valence-electron chi connectivity index (χ1n) is 12.5. The summed E-state index contributed by atoms with van der Waals surface area (Å²) in [4.78, 5) is 24.5. The Morgan fingerprint density at radius 3 is 2.27 bits per heavy atom. The molecule has 3 aromatic carbocycles. The van der Waals surface area contributed by atoms with E-state index in [9.17, 15) is 18.0 Å². The Morgan fingerprint density at radius 1 is 0.850 bits per heavy atom. The Bertz CT molecular complexity index is 1630.